The second kappa shape index (κ2) is 18.2. The summed E-state index contributed by atoms with van der Waals surface area (Å²) in [4.78, 5) is 40.5. The van der Waals surface area contributed by atoms with Gasteiger partial charge in [0.2, 0.25) is 0 Å². The minimum absolute atomic E-state index is 0.105. The van der Waals surface area contributed by atoms with Crippen molar-refractivity contribution in [2.75, 3.05) is 53.4 Å². The average molecular weight is 607 g/mol. The van der Waals surface area contributed by atoms with Gasteiger partial charge in [0.05, 0.1) is 7.11 Å². The highest BCUT2D eigenvalue weighted by atomic mass is 16.5. The normalized spacial score (nSPS) is 19.1. The molecule has 3 aliphatic rings. The van der Waals surface area contributed by atoms with Crippen LogP contribution in [0.2, 0.25) is 0 Å². The van der Waals surface area contributed by atoms with Crippen LogP contribution in [0.3, 0.4) is 0 Å². The fourth-order valence-electron chi connectivity index (χ4n) is 4.63. The van der Waals surface area contributed by atoms with Crippen LogP contribution < -0.4 is 15.4 Å². The van der Waals surface area contributed by atoms with E-state index in [0.717, 1.165) is 68.1 Å². The van der Waals surface area contributed by atoms with Gasteiger partial charge < -0.3 is 30.0 Å². The zero-order chi connectivity index (χ0) is 32.6. The molecule has 1 aromatic carbocycles. The van der Waals surface area contributed by atoms with Crippen molar-refractivity contribution in [3.05, 3.63) is 64.8 Å². The predicted octanol–water partition coefficient (Wildman–Crippen LogP) is 3.42. The number of nitrogens with one attached hydrogen (secondary N) is 2. The van der Waals surface area contributed by atoms with Gasteiger partial charge in [-0.05, 0) is 56.1 Å². The molecule has 11 nitrogen and oxygen atoms in total. The van der Waals surface area contributed by atoms with Crippen LogP contribution in [-0.4, -0.2) is 103 Å². The van der Waals surface area contributed by atoms with Gasteiger partial charge >= 0.3 is 6.03 Å². The monoisotopic (exact) mass is 606 g/mol. The van der Waals surface area contributed by atoms with E-state index in [-0.39, 0.29) is 5.91 Å². The Morgan fingerprint density at radius 3 is 2.41 bits per heavy atom. The number of allylic oxidation sites excluding steroid dienone is 4. The molecular formula is C33H46N6O5. The standard InChI is InChI=1S/C20H27N5O3.C11H13NO2.C2H6/c1-4-6-16(18(23-28)25-13-11-24(5-2)12-14-25)9-7-15(3)8-10-17-19(26)22-20(27)21-17;1-12-6-5-8-7-9(14-2)3-4-10(8)11(12)13;1-2/h4,6-7,9,17,28H,5,11-14H2,1-3H3,(H2,21,22,26,27);3-4,7H,5-6H2,1-2H3;1-2H3/b6-4-,15-7+,16-9+,23-18-;;/t17-;;/m0../s1. The fraction of sp³-hybridized carbons (Fsp3) is 0.455. The Morgan fingerprint density at radius 2 is 1.84 bits per heavy atom. The first-order valence-corrected chi connectivity index (χ1v) is 15.0. The quantitative estimate of drug-likeness (QED) is 0.0892. The average Bonchev–Trinajstić information content (AvgIpc) is 3.38. The van der Waals surface area contributed by atoms with Gasteiger partial charge in [-0.1, -0.05) is 62.1 Å². The molecule has 3 heterocycles. The summed E-state index contributed by atoms with van der Waals surface area (Å²) in [5, 5.41) is 17.7. The van der Waals surface area contributed by atoms with E-state index >= 15 is 0 Å². The molecule has 2 saturated heterocycles. The number of amides is 4. The van der Waals surface area contributed by atoms with Gasteiger partial charge in [-0.15, -0.1) is 0 Å². The van der Waals surface area contributed by atoms with Crippen molar-refractivity contribution in [2.45, 2.75) is 47.1 Å². The van der Waals surface area contributed by atoms with Gasteiger partial charge in [0, 0.05) is 50.9 Å². The summed E-state index contributed by atoms with van der Waals surface area (Å²) in [6.45, 7) is 15.1. The molecule has 0 spiro atoms. The highest BCUT2D eigenvalue weighted by Gasteiger charge is 2.27. The first-order chi connectivity index (χ1) is 21.2. The number of rotatable bonds is 5. The third-order valence-electron chi connectivity index (χ3n) is 7.13. The molecule has 0 saturated carbocycles. The van der Waals surface area contributed by atoms with Crippen LogP contribution in [0.1, 0.15) is 50.5 Å². The van der Waals surface area contributed by atoms with E-state index in [1.807, 2.05) is 64.2 Å². The van der Waals surface area contributed by atoms with Crippen LogP contribution in [-0.2, 0) is 11.2 Å². The molecule has 1 aromatic rings. The number of carbonyl (C=O) groups is 3. The van der Waals surface area contributed by atoms with E-state index < -0.39 is 18.0 Å². The molecule has 44 heavy (non-hydrogen) atoms. The fourth-order valence-corrected chi connectivity index (χ4v) is 4.63. The van der Waals surface area contributed by atoms with Gasteiger partial charge in [0.1, 0.15) is 5.75 Å². The molecule has 0 bridgehead atoms. The van der Waals surface area contributed by atoms with E-state index in [1.54, 1.807) is 25.0 Å². The second-order valence-corrected chi connectivity index (χ2v) is 9.98. The predicted molar refractivity (Wildman–Crippen MR) is 173 cm³/mol. The van der Waals surface area contributed by atoms with Gasteiger partial charge in [0.25, 0.3) is 11.8 Å². The first-order valence-electron chi connectivity index (χ1n) is 15.0. The molecule has 4 amide bonds. The SMILES string of the molecule is CC.COc1ccc2c(c1)CCN(C)C2=O.C\C=C/C(=C\C=C(/C)C#C[C@@H]1NC(=O)NC1=O)C(=N/O)/N1CCN(CC)CC1. The third kappa shape index (κ3) is 10.0. The molecule has 1 atom stereocenters. The number of benzene rings is 1. The van der Waals surface area contributed by atoms with E-state index in [4.69, 9.17) is 4.74 Å². The van der Waals surface area contributed by atoms with Crippen molar-refractivity contribution in [2.24, 2.45) is 5.16 Å². The highest BCUT2D eigenvalue weighted by Crippen LogP contribution is 2.22. The van der Waals surface area contributed by atoms with Crippen LogP contribution in [0.5, 0.6) is 5.75 Å². The number of hydrogen-bond acceptors (Lipinski definition) is 7. The highest BCUT2D eigenvalue weighted by molar-refractivity contribution is 6.06. The summed E-state index contributed by atoms with van der Waals surface area (Å²) >= 11 is 0. The van der Waals surface area contributed by atoms with Crippen LogP contribution in [0.4, 0.5) is 4.79 Å². The Morgan fingerprint density at radius 1 is 1.14 bits per heavy atom. The van der Waals surface area contributed by atoms with Crippen molar-refractivity contribution in [1.82, 2.24) is 25.3 Å². The molecule has 4 rings (SSSR count). The van der Waals surface area contributed by atoms with Crippen molar-refractivity contribution >= 4 is 23.7 Å². The lowest BCUT2D eigenvalue weighted by Gasteiger charge is -2.35. The molecular weight excluding hydrogens is 560 g/mol. The van der Waals surface area contributed by atoms with Crippen LogP contribution >= 0.6 is 0 Å². The molecule has 3 aliphatic heterocycles. The third-order valence-corrected chi connectivity index (χ3v) is 7.13. The molecule has 0 aliphatic carbocycles. The Kier molecular flexibility index (Phi) is 14.7. The number of oxime groups is 1. The zero-order valence-corrected chi connectivity index (χ0v) is 26.9. The number of fused-ring (bicyclic) bond motifs is 1. The van der Waals surface area contributed by atoms with E-state index in [2.05, 4.69) is 44.4 Å². The number of methoxy groups -OCH3 is 1. The number of imide groups is 1. The molecule has 3 N–H and O–H groups in total. The maximum Gasteiger partial charge on any atom is 0.322 e. The number of hydrogen-bond donors (Lipinski definition) is 3. The lowest BCUT2D eigenvalue weighted by Crippen LogP contribution is -2.48. The topological polar surface area (TPSA) is 127 Å². The number of piperazine rings is 1. The molecule has 0 aromatic heterocycles. The lowest BCUT2D eigenvalue weighted by atomic mass is 9.99. The molecule has 2 fully saturated rings. The number of ether oxygens (including phenoxy) is 1. The van der Waals surface area contributed by atoms with Gasteiger partial charge in [0.15, 0.2) is 11.9 Å². The number of carbonyl (C=O) groups excluding carboxylic acids is 3. The Labute approximate surface area is 261 Å². The maximum atomic E-state index is 11.7. The minimum Gasteiger partial charge on any atom is -0.497 e. The molecule has 11 heteroatoms. The van der Waals surface area contributed by atoms with Crippen LogP contribution in [0, 0.1) is 11.8 Å². The molecule has 0 radical (unpaired) electrons. The number of amidine groups is 1. The van der Waals surface area contributed by atoms with Crippen molar-refractivity contribution in [3.63, 3.8) is 0 Å². The van der Waals surface area contributed by atoms with Crippen molar-refractivity contribution in [1.29, 1.82) is 0 Å². The summed E-state index contributed by atoms with van der Waals surface area (Å²) < 4.78 is 5.12. The second-order valence-electron chi connectivity index (χ2n) is 9.98. The van der Waals surface area contributed by atoms with Crippen molar-refractivity contribution in [3.8, 4) is 17.6 Å². The lowest BCUT2D eigenvalue weighted by molar-refractivity contribution is -0.119. The van der Waals surface area contributed by atoms with Gasteiger partial charge in [-0.3, -0.25) is 14.9 Å². The molecule has 238 valence electrons. The Bertz CT molecular complexity index is 1350. The number of urea groups is 1. The van der Waals surface area contributed by atoms with E-state index in [0.29, 0.717) is 11.4 Å². The minimum atomic E-state index is -0.834. The van der Waals surface area contributed by atoms with Gasteiger partial charge in [-0.25, -0.2) is 4.79 Å². The number of likely N-dealkylation sites (N-methyl/N-ethyl adjacent to an activating group) is 2. The van der Waals surface area contributed by atoms with Gasteiger partial charge in [-0.2, -0.15) is 0 Å². The Balaban J connectivity index is 0.000000350. The molecule has 0 unspecified atom stereocenters. The smallest absolute Gasteiger partial charge is 0.322 e. The zero-order valence-electron chi connectivity index (χ0n) is 26.9. The largest absolute Gasteiger partial charge is 0.497 e. The summed E-state index contributed by atoms with van der Waals surface area (Å²) in [6, 6.07) is 4.25. The maximum absolute atomic E-state index is 11.7. The first kappa shape index (κ1) is 35.6. The number of nitrogens with zero attached hydrogens (tertiary/aromatic N) is 4. The summed E-state index contributed by atoms with van der Waals surface area (Å²) in [5.41, 5.74) is 3.37. The van der Waals surface area contributed by atoms with Crippen molar-refractivity contribution < 1.29 is 24.3 Å². The Hall–Kier alpha value is -4.56. The van der Waals surface area contributed by atoms with Crippen LogP contribution in [0.15, 0.2) is 58.8 Å². The van der Waals surface area contributed by atoms with E-state index in [9.17, 15) is 19.6 Å². The summed E-state index contributed by atoms with van der Waals surface area (Å²) in [7, 11) is 3.47. The summed E-state index contributed by atoms with van der Waals surface area (Å²) in [5.74, 6) is 6.60. The summed E-state index contributed by atoms with van der Waals surface area (Å²) in [6.07, 6.45) is 8.30. The van der Waals surface area contributed by atoms with Crippen LogP contribution in [0.25, 0.3) is 0 Å². The van der Waals surface area contributed by atoms with E-state index in [1.165, 1.54) is 0 Å².